The molecule has 1 aliphatic carbocycles. The van der Waals surface area contributed by atoms with Crippen LogP contribution in [0, 0.1) is 3.57 Å². The average molecular weight is 397 g/mol. The quantitative estimate of drug-likeness (QED) is 0.802. The molecule has 2 aromatic rings. The molecule has 1 N–H and O–H groups in total. The highest BCUT2D eigenvalue weighted by Crippen LogP contribution is 2.37. The van der Waals surface area contributed by atoms with E-state index in [1.807, 2.05) is 17.8 Å². The lowest BCUT2D eigenvalue weighted by atomic mass is 10.0. The third kappa shape index (κ3) is 2.90. The number of anilines is 1. The van der Waals surface area contributed by atoms with Crippen LogP contribution in [0.25, 0.3) is 11.5 Å². The maximum absolute atomic E-state index is 4.88. The van der Waals surface area contributed by atoms with Crippen molar-refractivity contribution >= 4 is 28.4 Å². The van der Waals surface area contributed by atoms with E-state index in [-0.39, 0.29) is 0 Å². The van der Waals surface area contributed by atoms with Gasteiger partial charge >= 0.3 is 0 Å². The van der Waals surface area contributed by atoms with Gasteiger partial charge in [0.25, 0.3) is 0 Å². The van der Waals surface area contributed by atoms with Crippen LogP contribution in [0.15, 0.2) is 12.3 Å². The average Bonchev–Trinajstić information content (AvgIpc) is 3.13. The van der Waals surface area contributed by atoms with Gasteiger partial charge in [0.15, 0.2) is 5.82 Å². The van der Waals surface area contributed by atoms with Gasteiger partial charge in [-0.2, -0.15) is 5.10 Å². The molecule has 0 aromatic carbocycles. The lowest BCUT2D eigenvalue weighted by Gasteiger charge is -2.16. The Balaban J connectivity index is 2.10. The lowest BCUT2D eigenvalue weighted by molar-refractivity contribution is 0.688. The third-order valence-electron chi connectivity index (χ3n) is 4.01. The van der Waals surface area contributed by atoms with Gasteiger partial charge in [0, 0.05) is 25.7 Å². The number of aromatic nitrogens is 4. The largest absolute Gasteiger partial charge is 0.369 e. The van der Waals surface area contributed by atoms with Crippen LogP contribution in [0.4, 0.5) is 5.82 Å². The zero-order valence-electron chi connectivity index (χ0n) is 12.4. The molecule has 0 atom stereocenters. The highest BCUT2D eigenvalue weighted by atomic mass is 127. The number of hydrogen-bond acceptors (Lipinski definition) is 4. The van der Waals surface area contributed by atoms with Gasteiger partial charge in [0.1, 0.15) is 11.5 Å². The Morgan fingerprint density at radius 2 is 2.10 bits per heavy atom. The van der Waals surface area contributed by atoms with E-state index in [4.69, 9.17) is 9.97 Å². The summed E-state index contributed by atoms with van der Waals surface area (Å²) in [4.78, 5) is 9.59. The van der Waals surface area contributed by atoms with Gasteiger partial charge in [-0.25, -0.2) is 9.97 Å². The second-order valence-electron chi connectivity index (χ2n) is 5.45. The maximum Gasteiger partial charge on any atom is 0.180 e. The van der Waals surface area contributed by atoms with Crippen LogP contribution in [0.3, 0.4) is 0 Å². The summed E-state index contributed by atoms with van der Waals surface area (Å²) >= 11 is 2.39. The van der Waals surface area contributed by atoms with E-state index in [0.29, 0.717) is 5.92 Å². The summed E-state index contributed by atoms with van der Waals surface area (Å²) in [6, 6.07) is 1.97. The first-order valence-electron chi connectivity index (χ1n) is 7.50. The van der Waals surface area contributed by atoms with Crippen molar-refractivity contribution in [2.45, 2.75) is 38.5 Å². The molecule has 5 nitrogen and oxygen atoms in total. The minimum atomic E-state index is 0.573. The van der Waals surface area contributed by atoms with Gasteiger partial charge in [0.05, 0.1) is 9.26 Å². The standard InChI is InChI=1S/C15H20IN5/c1-3-17-15-12(16)13(10-6-4-5-7-10)19-14(20-15)11-8-9-18-21(11)2/h8-10H,3-7H2,1-2H3,(H,17,19,20). The smallest absolute Gasteiger partial charge is 0.180 e. The molecule has 1 aliphatic rings. The number of rotatable bonds is 4. The van der Waals surface area contributed by atoms with Crippen molar-refractivity contribution in [1.82, 2.24) is 19.7 Å². The molecular formula is C15H20IN5. The van der Waals surface area contributed by atoms with Crippen LogP contribution in [0.2, 0.25) is 0 Å². The molecule has 0 spiro atoms. The molecular weight excluding hydrogens is 377 g/mol. The molecule has 1 saturated carbocycles. The van der Waals surface area contributed by atoms with E-state index >= 15 is 0 Å². The SMILES string of the molecule is CCNc1nc(-c2ccnn2C)nc(C2CCCC2)c1I. The first kappa shape index (κ1) is 14.7. The maximum atomic E-state index is 4.88. The van der Waals surface area contributed by atoms with Gasteiger partial charge in [0.2, 0.25) is 0 Å². The highest BCUT2D eigenvalue weighted by Gasteiger charge is 2.24. The predicted molar refractivity (Wildman–Crippen MR) is 92.3 cm³/mol. The van der Waals surface area contributed by atoms with E-state index in [0.717, 1.165) is 23.9 Å². The number of nitrogens with one attached hydrogen (secondary N) is 1. The number of hydrogen-bond donors (Lipinski definition) is 1. The molecule has 6 heteroatoms. The number of nitrogens with zero attached hydrogens (tertiary/aromatic N) is 4. The minimum Gasteiger partial charge on any atom is -0.369 e. The van der Waals surface area contributed by atoms with Crippen molar-refractivity contribution in [3.63, 3.8) is 0 Å². The summed E-state index contributed by atoms with van der Waals surface area (Å²) in [6.07, 6.45) is 6.89. The zero-order valence-corrected chi connectivity index (χ0v) is 14.6. The van der Waals surface area contributed by atoms with E-state index in [9.17, 15) is 0 Å². The normalized spacial score (nSPS) is 15.6. The van der Waals surface area contributed by atoms with E-state index in [1.165, 1.54) is 34.9 Å². The topological polar surface area (TPSA) is 55.6 Å². The van der Waals surface area contributed by atoms with Crippen molar-refractivity contribution in [2.24, 2.45) is 7.05 Å². The van der Waals surface area contributed by atoms with Crippen LogP contribution in [-0.2, 0) is 7.05 Å². The molecule has 0 amide bonds. The fourth-order valence-electron chi connectivity index (χ4n) is 2.93. The zero-order chi connectivity index (χ0) is 14.8. The van der Waals surface area contributed by atoms with Gasteiger partial charge < -0.3 is 5.32 Å². The minimum absolute atomic E-state index is 0.573. The summed E-state index contributed by atoms with van der Waals surface area (Å²) in [5.41, 5.74) is 2.17. The molecule has 0 aliphatic heterocycles. The van der Waals surface area contributed by atoms with Crippen LogP contribution < -0.4 is 5.32 Å². The molecule has 2 aromatic heterocycles. The first-order valence-corrected chi connectivity index (χ1v) is 8.58. The van der Waals surface area contributed by atoms with Crippen LogP contribution in [0.1, 0.15) is 44.2 Å². The molecule has 112 valence electrons. The molecule has 0 unspecified atom stereocenters. The summed E-state index contributed by atoms with van der Waals surface area (Å²) in [5, 5.41) is 7.61. The summed E-state index contributed by atoms with van der Waals surface area (Å²) in [6.45, 7) is 2.96. The second kappa shape index (κ2) is 6.29. The highest BCUT2D eigenvalue weighted by molar-refractivity contribution is 14.1. The van der Waals surface area contributed by atoms with Crippen molar-refractivity contribution in [1.29, 1.82) is 0 Å². The molecule has 1 fully saturated rings. The predicted octanol–water partition coefficient (Wildman–Crippen LogP) is 3.57. The molecule has 0 radical (unpaired) electrons. The van der Waals surface area contributed by atoms with Crippen LogP contribution in [0.5, 0.6) is 0 Å². The van der Waals surface area contributed by atoms with Crippen molar-refractivity contribution in [3.05, 3.63) is 21.5 Å². The Hall–Kier alpha value is -1.18. The molecule has 2 heterocycles. The molecule has 0 bridgehead atoms. The van der Waals surface area contributed by atoms with Crippen LogP contribution >= 0.6 is 22.6 Å². The summed E-state index contributed by atoms with van der Waals surface area (Å²) in [5.74, 6) is 2.30. The van der Waals surface area contributed by atoms with E-state index in [1.54, 1.807) is 6.20 Å². The monoisotopic (exact) mass is 397 g/mol. The fraction of sp³-hybridized carbons (Fsp3) is 0.533. The fourth-order valence-corrected chi connectivity index (χ4v) is 3.80. The van der Waals surface area contributed by atoms with Gasteiger partial charge in [-0.1, -0.05) is 12.8 Å². The third-order valence-corrected chi connectivity index (χ3v) is 5.08. The Morgan fingerprint density at radius 3 is 2.71 bits per heavy atom. The van der Waals surface area contributed by atoms with Crippen LogP contribution in [-0.4, -0.2) is 26.3 Å². The van der Waals surface area contributed by atoms with Gasteiger partial charge in [-0.05, 0) is 48.4 Å². The van der Waals surface area contributed by atoms with Crippen molar-refractivity contribution in [2.75, 3.05) is 11.9 Å². The van der Waals surface area contributed by atoms with Crippen molar-refractivity contribution in [3.8, 4) is 11.5 Å². The Labute approximate surface area is 138 Å². The Bertz CT molecular complexity index is 631. The van der Waals surface area contributed by atoms with E-state index in [2.05, 4.69) is 39.9 Å². The van der Waals surface area contributed by atoms with Crippen molar-refractivity contribution < 1.29 is 0 Å². The molecule has 3 rings (SSSR count). The Kier molecular flexibility index (Phi) is 4.42. The lowest BCUT2D eigenvalue weighted by Crippen LogP contribution is -2.11. The molecule has 0 saturated heterocycles. The number of aryl methyl sites for hydroxylation is 1. The second-order valence-corrected chi connectivity index (χ2v) is 6.53. The number of halogens is 1. The van der Waals surface area contributed by atoms with Gasteiger partial charge in [-0.3, -0.25) is 4.68 Å². The summed E-state index contributed by atoms with van der Waals surface area (Å²) < 4.78 is 3.00. The molecule has 21 heavy (non-hydrogen) atoms. The van der Waals surface area contributed by atoms with E-state index < -0.39 is 0 Å². The summed E-state index contributed by atoms with van der Waals surface area (Å²) in [7, 11) is 1.93. The Morgan fingerprint density at radius 1 is 1.33 bits per heavy atom. The van der Waals surface area contributed by atoms with Gasteiger partial charge in [-0.15, -0.1) is 0 Å². The first-order chi connectivity index (χ1) is 10.2.